The van der Waals surface area contributed by atoms with Gasteiger partial charge in [0.05, 0.1) is 18.0 Å². The van der Waals surface area contributed by atoms with Crippen molar-refractivity contribution in [3.8, 4) is 5.88 Å². The molecule has 0 unspecified atom stereocenters. The zero-order valence-corrected chi connectivity index (χ0v) is 12.5. The van der Waals surface area contributed by atoms with Gasteiger partial charge in [0.2, 0.25) is 5.88 Å². The lowest BCUT2D eigenvalue weighted by atomic mass is 10.2. The van der Waals surface area contributed by atoms with Crippen molar-refractivity contribution in [3.63, 3.8) is 0 Å². The minimum atomic E-state index is 0.112. The maximum atomic E-state index is 5.68. The van der Waals surface area contributed by atoms with Gasteiger partial charge in [-0.2, -0.15) is 0 Å². The summed E-state index contributed by atoms with van der Waals surface area (Å²) < 4.78 is 6.63. The van der Waals surface area contributed by atoms with Crippen LogP contribution in [0.15, 0.2) is 41.3 Å². The van der Waals surface area contributed by atoms with Crippen LogP contribution in [0.3, 0.4) is 0 Å². The second kappa shape index (κ2) is 6.52. The second-order valence-electron chi connectivity index (χ2n) is 4.38. The third kappa shape index (κ3) is 4.21. The molecule has 2 aromatic heterocycles. The van der Waals surface area contributed by atoms with E-state index in [2.05, 4.69) is 31.2 Å². The number of rotatable bonds is 5. The van der Waals surface area contributed by atoms with Crippen molar-refractivity contribution in [2.24, 2.45) is 0 Å². The molecule has 2 heterocycles. The van der Waals surface area contributed by atoms with Gasteiger partial charge in [0.25, 0.3) is 0 Å². The van der Waals surface area contributed by atoms with Crippen LogP contribution >= 0.6 is 15.9 Å². The largest absolute Gasteiger partial charge is 0.475 e. The van der Waals surface area contributed by atoms with Crippen molar-refractivity contribution >= 4 is 21.6 Å². The van der Waals surface area contributed by atoms with Crippen LogP contribution in [0.1, 0.15) is 19.4 Å². The summed E-state index contributed by atoms with van der Waals surface area (Å²) in [5.74, 6) is 0.674. The number of hydrogen-bond acceptors (Lipinski definition) is 4. The fourth-order valence-corrected chi connectivity index (χ4v) is 1.96. The molecule has 0 aliphatic heterocycles. The highest BCUT2D eigenvalue weighted by atomic mass is 79.9. The van der Waals surface area contributed by atoms with E-state index in [4.69, 9.17) is 4.74 Å². The molecule has 19 heavy (non-hydrogen) atoms. The summed E-state index contributed by atoms with van der Waals surface area (Å²) in [4.78, 5) is 8.37. The van der Waals surface area contributed by atoms with Gasteiger partial charge in [-0.05, 0) is 41.9 Å². The Morgan fingerprint density at radius 3 is 2.95 bits per heavy atom. The molecule has 2 rings (SSSR count). The first-order valence-corrected chi connectivity index (χ1v) is 6.89. The Kier molecular flexibility index (Phi) is 4.74. The normalized spacial score (nSPS) is 10.5. The standard InChI is InChI=1S/C14H16BrN3O/c1-10(2)19-14-11(4-3-5-17-14)7-18-13-6-12(15)8-16-9-13/h3-6,8-10,18H,7H2,1-2H3. The summed E-state index contributed by atoms with van der Waals surface area (Å²) in [6, 6.07) is 5.89. The van der Waals surface area contributed by atoms with Gasteiger partial charge >= 0.3 is 0 Å². The molecule has 0 aliphatic rings. The van der Waals surface area contributed by atoms with Gasteiger partial charge in [-0.3, -0.25) is 4.98 Å². The van der Waals surface area contributed by atoms with E-state index in [1.165, 1.54) is 0 Å². The fourth-order valence-electron chi connectivity index (χ4n) is 1.59. The van der Waals surface area contributed by atoms with E-state index in [9.17, 15) is 0 Å². The molecule has 4 nitrogen and oxygen atoms in total. The summed E-state index contributed by atoms with van der Waals surface area (Å²) in [5.41, 5.74) is 1.98. The quantitative estimate of drug-likeness (QED) is 0.913. The summed E-state index contributed by atoms with van der Waals surface area (Å²) in [6.45, 7) is 4.63. The van der Waals surface area contributed by atoms with Crippen LogP contribution in [0.4, 0.5) is 5.69 Å². The predicted octanol–water partition coefficient (Wildman–Crippen LogP) is 3.64. The van der Waals surface area contributed by atoms with Crippen LogP contribution in [-0.4, -0.2) is 16.1 Å². The average Bonchev–Trinajstić information content (AvgIpc) is 2.37. The van der Waals surface area contributed by atoms with Gasteiger partial charge in [-0.25, -0.2) is 4.98 Å². The lowest BCUT2D eigenvalue weighted by Gasteiger charge is -2.13. The molecule has 0 amide bonds. The van der Waals surface area contributed by atoms with E-state index in [0.717, 1.165) is 15.7 Å². The van der Waals surface area contributed by atoms with Crippen LogP contribution in [0.25, 0.3) is 0 Å². The minimum absolute atomic E-state index is 0.112. The lowest BCUT2D eigenvalue weighted by molar-refractivity contribution is 0.230. The van der Waals surface area contributed by atoms with Gasteiger partial charge in [0.1, 0.15) is 0 Å². The van der Waals surface area contributed by atoms with E-state index >= 15 is 0 Å². The first-order chi connectivity index (χ1) is 9.15. The average molecular weight is 322 g/mol. The number of nitrogens with one attached hydrogen (secondary N) is 1. The summed E-state index contributed by atoms with van der Waals surface area (Å²) in [7, 11) is 0. The van der Waals surface area contributed by atoms with Gasteiger partial charge in [-0.15, -0.1) is 0 Å². The predicted molar refractivity (Wildman–Crippen MR) is 79.3 cm³/mol. The molecule has 0 fully saturated rings. The number of hydrogen-bond donors (Lipinski definition) is 1. The Bertz CT molecular complexity index is 546. The molecule has 2 aromatic rings. The molecule has 0 radical (unpaired) electrons. The highest BCUT2D eigenvalue weighted by molar-refractivity contribution is 9.10. The van der Waals surface area contributed by atoms with Crippen LogP contribution < -0.4 is 10.1 Å². The highest BCUT2D eigenvalue weighted by Crippen LogP contribution is 2.19. The van der Waals surface area contributed by atoms with E-state index in [0.29, 0.717) is 12.4 Å². The molecule has 0 saturated heterocycles. The van der Waals surface area contributed by atoms with Crippen LogP contribution in [0.5, 0.6) is 5.88 Å². The molecular weight excluding hydrogens is 306 g/mol. The summed E-state index contributed by atoms with van der Waals surface area (Å²) >= 11 is 3.40. The topological polar surface area (TPSA) is 47.0 Å². The lowest BCUT2D eigenvalue weighted by Crippen LogP contribution is -2.10. The Morgan fingerprint density at radius 2 is 2.21 bits per heavy atom. The van der Waals surface area contributed by atoms with Crippen molar-refractivity contribution in [1.29, 1.82) is 0 Å². The molecule has 0 aliphatic carbocycles. The third-order valence-corrected chi connectivity index (χ3v) is 2.82. The van der Waals surface area contributed by atoms with E-state index < -0.39 is 0 Å². The molecule has 5 heteroatoms. The maximum Gasteiger partial charge on any atom is 0.218 e. The first-order valence-electron chi connectivity index (χ1n) is 6.10. The molecule has 0 saturated carbocycles. The second-order valence-corrected chi connectivity index (χ2v) is 5.30. The maximum absolute atomic E-state index is 5.68. The first kappa shape index (κ1) is 13.8. The smallest absolute Gasteiger partial charge is 0.218 e. The molecule has 0 bridgehead atoms. The Morgan fingerprint density at radius 1 is 1.37 bits per heavy atom. The minimum Gasteiger partial charge on any atom is -0.475 e. The fraction of sp³-hybridized carbons (Fsp3) is 0.286. The summed E-state index contributed by atoms with van der Waals surface area (Å²) in [5, 5.41) is 3.30. The van der Waals surface area contributed by atoms with Crippen molar-refractivity contribution in [2.75, 3.05) is 5.32 Å². The zero-order valence-electron chi connectivity index (χ0n) is 10.9. The molecule has 0 spiro atoms. The SMILES string of the molecule is CC(C)Oc1ncccc1CNc1cncc(Br)c1. The monoisotopic (exact) mass is 321 g/mol. The van der Waals surface area contributed by atoms with Crippen molar-refractivity contribution in [1.82, 2.24) is 9.97 Å². The van der Waals surface area contributed by atoms with Crippen molar-refractivity contribution < 1.29 is 4.74 Å². The van der Waals surface area contributed by atoms with E-state index in [-0.39, 0.29) is 6.10 Å². The number of aromatic nitrogens is 2. The summed E-state index contributed by atoms with van der Waals surface area (Å²) in [6.07, 6.45) is 5.38. The number of ether oxygens (including phenoxy) is 1. The van der Waals surface area contributed by atoms with E-state index in [1.807, 2.05) is 32.0 Å². The third-order valence-electron chi connectivity index (χ3n) is 2.39. The van der Waals surface area contributed by atoms with E-state index in [1.54, 1.807) is 18.6 Å². The van der Waals surface area contributed by atoms with Crippen molar-refractivity contribution in [3.05, 3.63) is 46.8 Å². The number of pyridine rings is 2. The number of nitrogens with zero attached hydrogens (tertiary/aromatic N) is 2. The van der Waals surface area contributed by atoms with Gasteiger partial charge < -0.3 is 10.1 Å². The molecule has 0 atom stereocenters. The molecule has 0 aromatic carbocycles. The molecule has 100 valence electrons. The van der Waals surface area contributed by atoms with Crippen LogP contribution in [-0.2, 0) is 6.54 Å². The van der Waals surface area contributed by atoms with Crippen LogP contribution in [0, 0.1) is 0 Å². The number of anilines is 1. The molecular formula is C14H16BrN3O. The highest BCUT2D eigenvalue weighted by Gasteiger charge is 2.06. The molecule has 1 N–H and O–H groups in total. The Hall–Kier alpha value is -1.62. The van der Waals surface area contributed by atoms with Crippen molar-refractivity contribution in [2.45, 2.75) is 26.5 Å². The van der Waals surface area contributed by atoms with Gasteiger partial charge in [-0.1, -0.05) is 6.07 Å². The van der Waals surface area contributed by atoms with Crippen LogP contribution in [0.2, 0.25) is 0 Å². The Labute approximate surface area is 121 Å². The number of halogens is 1. The zero-order chi connectivity index (χ0) is 13.7. The van der Waals surface area contributed by atoms with Gasteiger partial charge in [0, 0.05) is 29.0 Å². The van der Waals surface area contributed by atoms with Gasteiger partial charge in [0.15, 0.2) is 0 Å². The Balaban J connectivity index is 2.07.